The van der Waals surface area contributed by atoms with Crippen LogP contribution in [0.1, 0.15) is 36.3 Å². The summed E-state index contributed by atoms with van der Waals surface area (Å²) in [5, 5.41) is 2.78. The number of aryl methyl sites for hydroxylation is 1. The van der Waals surface area contributed by atoms with Crippen LogP contribution >= 0.6 is 0 Å². The Labute approximate surface area is 160 Å². The number of nitrogens with one attached hydrogen (secondary N) is 1. The van der Waals surface area contributed by atoms with Crippen molar-refractivity contribution in [1.29, 1.82) is 0 Å². The Hall–Kier alpha value is -2.25. The number of piperidine rings is 1. The smallest absolute Gasteiger partial charge is 0.255 e. The van der Waals surface area contributed by atoms with E-state index >= 15 is 0 Å². The first kappa shape index (κ1) is 19.5. The molecule has 0 spiro atoms. The average Bonchev–Trinajstić information content (AvgIpc) is 2.61. The Morgan fingerprint density at radius 2 is 1.85 bits per heavy atom. The van der Waals surface area contributed by atoms with Crippen molar-refractivity contribution in [2.75, 3.05) is 18.4 Å². The zero-order valence-electron chi connectivity index (χ0n) is 15.8. The molecule has 0 aliphatic carbocycles. The Bertz CT molecular complexity index is 933. The van der Waals surface area contributed by atoms with Crippen molar-refractivity contribution in [2.45, 2.75) is 32.1 Å². The summed E-state index contributed by atoms with van der Waals surface area (Å²) in [5.41, 5.74) is 1.72. The molecule has 27 heavy (non-hydrogen) atoms. The van der Waals surface area contributed by atoms with Gasteiger partial charge in [-0.15, -0.1) is 0 Å². The molecule has 2 atom stereocenters. The number of rotatable bonds is 4. The first-order valence-electron chi connectivity index (χ1n) is 9.10. The van der Waals surface area contributed by atoms with E-state index in [0.717, 1.165) is 12.1 Å². The molecule has 1 aliphatic heterocycles. The van der Waals surface area contributed by atoms with Crippen LogP contribution in [-0.2, 0) is 10.0 Å². The topological polar surface area (TPSA) is 79.4 Å². The third-order valence-corrected chi connectivity index (χ3v) is 6.55. The molecule has 6 nitrogen and oxygen atoms in total. The van der Waals surface area contributed by atoms with Gasteiger partial charge in [0.15, 0.2) is 0 Å². The van der Waals surface area contributed by atoms with Crippen LogP contribution in [0.3, 0.4) is 0 Å². The minimum Gasteiger partial charge on any atom is -0.322 e. The molecule has 0 saturated carbocycles. The Balaban J connectivity index is 1.83. The Morgan fingerprint density at radius 3 is 2.52 bits per heavy atom. The molecule has 7 heteroatoms. The van der Waals surface area contributed by atoms with E-state index in [1.54, 1.807) is 36.5 Å². The van der Waals surface area contributed by atoms with Crippen molar-refractivity contribution >= 4 is 21.6 Å². The molecule has 2 heterocycles. The summed E-state index contributed by atoms with van der Waals surface area (Å²) in [7, 11) is -3.62. The maximum absolute atomic E-state index is 13.0. The quantitative estimate of drug-likeness (QED) is 0.873. The monoisotopic (exact) mass is 387 g/mol. The van der Waals surface area contributed by atoms with Crippen molar-refractivity contribution in [3.63, 3.8) is 0 Å². The zero-order chi connectivity index (χ0) is 19.6. The predicted octanol–water partition coefficient (Wildman–Crippen LogP) is 3.31. The molecule has 1 aromatic heterocycles. The van der Waals surface area contributed by atoms with Crippen LogP contribution in [0.5, 0.6) is 0 Å². The lowest BCUT2D eigenvalue weighted by Crippen LogP contribution is -2.42. The summed E-state index contributed by atoms with van der Waals surface area (Å²) in [4.78, 5) is 16.8. The van der Waals surface area contributed by atoms with E-state index in [0.29, 0.717) is 36.2 Å². The lowest BCUT2D eigenvalue weighted by atomic mass is 9.94. The molecule has 1 aliphatic rings. The van der Waals surface area contributed by atoms with E-state index in [-0.39, 0.29) is 10.8 Å². The minimum absolute atomic E-state index is 0.155. The molecule has 0 bridgehead atoms. The van der Waals surface area contributed by atoms with Gasteiger partial charge < -0.3 is 5.32 Å². The third-order valence-electron chi connectivity index (χ3n) is 4.72. The van der Waals surface area contributed by atoms with Crippen LogP contribution in [0.4, 0.5) is 5.69 Å². The van der Waals surface area contributed by atoms with Gasteiger partial charge in [0.05, 0.1) is 4.90 Å². The van der Waals surface area contributed by atoms with Crippen molar-refractivity contribution in [3.05, 3.63) is 53.9 Å². The van der Waals surface area contributed by atoms with E-state index in [1.807, 2.05) is 6.92 Å². The minimum atomic E-state index is -3.62. The lowest BCUT2D eigenvalue weighted by molar-refractivity contribution is 0.102. The molecule has 1 aromatic carbocycles. The normalized spacial score (nSPS) is 21.0. The van der Waals surface area contributed by atoms with Crippen LogP contribution < -0.4 is 5.32 Å². The molecule has 1 amide bonds. The molecule has 3 rings (SSSR count). The van der Waals surface area contributed by atoms with Crippen molar-refractivity contribution < 1.29 is 13.2 Å². The maximum atomic E-state index is 13.0. The molecule has 2 aromatic rings. The molecule has 1 N–H and O–H groups in total. The van der Waals surface area contributed by atoms with Gasteiger partial charge in [0.25, 0.3) is 5.91 Å². The zero-order valence-corrected chi connectivity index (χ0v) is 16.7. The van der Waals surface area contributed by atoms with Gasteiger partial charge in [-0.1, -0.05) is 19.9 Å². The van der Waals surface area contributed by atoms with Crippen molar-refractivity contribution in [2.24, 2.45) is 11.8 Å². The molecular weight excluding hydrogens is 362 g/mol. The molecular formula is C20H25N3O3S. The summed E-state index contributed by atoms with van der Waals surface area (Å²) in [6, 6.07) is 9.67. The summed E-state index contributed by atoms with van der Waals surface area (Å²) >= 11 is 0. The predicted molar refractivity (Wildman–Crippen MR) is 105 cm³/mol. The van der Waals surface area contributed by atoms with E-state index in [4.69, 9.17) is 0 Å². The van der Waals surface area contributed by atoms with Gasteiger partial charge in [-0.3, -0.25) is 9.78 Å². The highest BCUT2D eigenvalue weighted by Gasteiger charge is 2.31. The molecule has 1 fully saturated rings. The van der Waals surface area contributed by atoms with Gasteiger partial charge >= 0.3 is 0 Å². The fourth-order valence-electron chi connectivity index (χ4n) is 3.58. The van der Waals surface area contributed by atoms with Crippen LogP contribution in [0, 0.1) is 18.8 Å². The first-order chi connectivity index (χ1) is 12.8. The SMILES string of the molecule is Cc1cc(NC(=O)c2cccc(S(=O)(=O)N3CC(C)CC(C)C3)c2)ccn1. The van der Waals surface area contributed by atoms with Gasteiger partial charge in [-0.25, -0.2) is 8.42 Å². The first-order valence-corrected chi connectivity index (χ1v) is 10.5. The standard InChI is InChI=1S/C20H25N3O3S/c1-14-9-15(2)13-23(12-14)27(25,26)19-6-4-5-17(11-19)20(24)22-18-7-8-21-16(3)10-18/h4-8,10-11,14-15H,9,12-13H2,1-3H3,(H,21,22,24). The van der Waals surface area contributed by atoms with Gasteiger partial charge in [0.2, 0.25) is 10.0 Å². The molecule has 144 valence electrons. The summed E-state index contributed by atoms with van der Waals surface area (Å²) in [5.74, 6) is 0.299. The number of aromatic nitrogens is 1. The third kappa shape index (κ3) is 4.54. The summed E-state index contributed by atoms with van der Waals surface area (Å²) in [6.07, 6.45) is 2.64. The van der Waals surface area contributed by atoms with Gasteiger partial charge in [0.1, 0.15) is 0 Å². The van der Waals surface area contributed by atoms with E-state index in [9.17, 15) is 13.2 Å². The second-order valence-electron chi connectivity index (χ2n) is 7.44. The number of benzene rings is 1. The van der Waals surface area contributed by atoms with E-state index < -0.39 is 10.0 Å². The van der Waals surface area contributed by atoms with Crippen molar-refractivity contribution in [3.8, 4) is 0 Å². The second-order valence-corrected chi connectivity index (χ2v) is 9.37. The number of carbonyl (C=O) groups is 1. The number of sulfonamides is 1. The fraction of sp³-hybridized carbons (Fsp3) is 0.400. The number of amides is 1. The summed E-state index contributed by atoms with van der Waals surface area (Å²) < 4.78 is 27.6. The molecule has 0 radical (unpaired) electrons. The van der Waals surface area contributed by atoms with Gasteiger partial charge in [-0.2, -0.15) is 4.31 Å². The molecule has 2 unspecified atom stereocenters. The van der Waals surface area contributed by atoms with E-state index in [1.165, 1.54) is 10.4 Å². The van der Waals surface area contributed by atoms with E-state index in [2.05, 4.69) is 24.1 Å². The second kappa shape index (κ2) is 7.78. The Kier molecular flexibility index (Phi) is 5.62. The maximum Gasteiger partial charge on any atom is 0.255 e. The number of hydrogen-bond donors (Lipinski definition) is 1. The number of hydrogen-bond acceptors (Lipinski definition) is 4. The largest absolute Gasteiger partial charge is 0.322 e. The Morgan fingerprint density at radius 1 is 1.15 bits per heavy atom. The summed E-state index contributed by atoms with van der Waals surface area (Å²) in [6.45, 7) is 7.00. The van der Waals surface area contributed by atoms with Gasteiger partial charge in [-0.05, 0) is 55.5 Å². The molecule has 1 saturated heterocycles. The van der Waals surface area contributed by atoms with Crippen molar-refractivity contribution in [1.82, 2.24) is 9.29 Å². The van der Waals surface area contributed by atoms with Crippen LogP contribution in [0.25, 0.3) is 0 Å². The number of pyridine rings is 1. The highest BCUT2D eigenvalue weighted by atomic mass is 32.2. The number of anilines is 1. The van der Waals surface area contributed by atoms with Crippen LogP contribution in [-0.4, -0.2) is 36.7 Å². The van der Waals surface area contributed by atoms with Crippen LogP contribution in [0.15, 0.2) is 47.5 Å². The fourth-order valence-corrected chi connectivity index (χ4v) is 5.30. The number of carbonyl (C=O) groups excluding carboxylic acids is 1. The average molecular weight is 388 g/mol. The van der Waals surface area contributed by atoms with Crippen LogP contribution in [0.2, 0.25) is 0 Å². The van der Waals surface area contributed by atoms with Gasteiger partial charge in [0, 0.05) is 36.2 Å². The highest BCUT2D eigenvalue weighted by Crippen LogP contribution is 2.27. The number of nitrogens with zero attached hydrogens (tertiary/aromatic N) is 2. The lowest BCUT2D eigenvalue weighted by Gasteiger charge is -2.34. The highest BCUT2D eigenvalue weighted by molar-refractivity contribution is 7.89.